The van der Waals surface area contributed by atoms with E-state index in [1.54, 1.807) is 12.1 Å². The lowest BCUT2D eigenvalue weighted by molar-refractivity contribution is 0.435. The van der Waals surface area contributed by atoms with Crippen LogP contribution in [0.4, 0.5) is 4.39 Å². The highest BCUT2D eigenvalue weighted by Gasteiger charge is 2.24. The molecule has 3 heterocycles. The van der Waals surface area contributed by atoms with Gasteiger partial charge in [-0.3, -0.25) is 23.3 Å². The summed E-state index contributed by atoms with van der Waals surface area (Å²) in [5, 5.41) is 11.2. The van der Waals surface area contributed by atoms with Crippen LogP contribution in [0.2, 0.25) is 0 Å². The highest BCUT2D eigenvalue weighted by atomic mass is 19.1. The van der Waals surface area contributed by atoms with Crippen molar-refractivity contribution >= 4 is 16.9 Å². The first-order valence-corrected chi connectivity index (χ1v) is 10.5. The van der Waals surface area contributed by atoms with E-state index in [0.29, 0.717) is 5.56 Å². The fourth-order valence-electron chi connectivity index (χ4n) is 4.12. The average molecular weight is 461 g/mol. The van der Waals surface area contributed by atoms with Crippen LogP contribution in [-0.4, -0.2) is 28.2 Å². The molecule has 9 nitrogen and oxygen atoms in total. The Morgan fingerprint density at radius 3 is 2.24 bits per heavy atom. The maximum Gasteiger partial charge on any atom is 0.332 e. The van der Waals surface area contributed by atoms with Crippen LogP contribution in [-0.2, 0) is 27.1 Å². The van der Waals surface area contributed by atoms with Crippen LogP contribution in [0.5, 0.6) is 5.88 Å². The number of aromatic hydroxyl groups is 1. The quantitative estimate of drug-likeness (QED) is 0.437. The van der Waals surface area contributed by atoms with Crippen LogP contribution < -0.4 is 16.8 Å². The van der Waals surface area contributed by atoms with Gasteiger partial charge >= 0.3 is 5.69 Å². The zero-order valence-electron chi connectivity index (χ0n) is 18.4. The smallest absolute Gasteiger partial charge is 0.332 e. The average Bonchev–Trinajstić information content (AvgIpc) is 3.24. The number of hydrogen-bond donors (Lipinski definition) is 1. The van der Waals surface area contributed by atoms with E-state index in [4.69, 9.17) is 0 Å². The number of halogens is 1. The summed E-state index contributed by atoms with van der Waals surface area (Å²) in [4.78, 5) is 43.5. The van der Waals surface area contributed by atoms with E-state index in [0.717, 1.165) is 10.1 Å². The Bertz CT molecular complexity index is 1750. The van der Waals surface area contributed by atoms with E-state index < -0.39 is 28.5 Å². The molecular formula is C24H20FN5O4. The molecule has 0 fully saturated rings. The van der Waals surface area contributed by atoms with Crippen molar-refractivity contribution in [1.82, 2.24) is 23.1 Å². The molecule has 2 aromatic carbocycles. The van der Waals surface area contributed by atoms with E-state index >= 15 is 0 Å². The lowest BCUT2D eigenvalue weighted by Crippen LogP contribution is -2.37. The molecule has 34 heavy (non-hydrogen) atoms. The minimum absolute atomic E-state index is 0.00284. The van der Waals surface area contributed by atoms with Crippen LogP contribution in [0.25, 0.3) is 16.9 Å². The maximum absolute atomic E-state index is 13.6. The summed E-state index contributed by atoms with van der Waals surface area (Å²) < 4.78 is 18.1. The van der Waals surface area contributed by atoms with E-state index in [2.05, 4.69) is 4.98 Å². The number of aryl methyl sites for hydroxylation is 1. The number of aromatic nitrogens is 5. The first-order valence-electron chi connectivity index (χ1n) is 10.5. The Hall–Kier alpha value is -4.47. The van der Waals surface area contributed by atoms with Gasteiger partial charge < -0.3 is 5.11 Å². The molecule has 0 spiro atoms. The third kappa shape index (κ3) is 3.22. The second-order valence-corrected chi connectivity index (χ2v) is 8.11. The molecule has 5 rings (SSSR count). The minimum Gasteiger partial charge on any atom is -0.494 e. The molecule has 0 radical (unpaired) electrons. The maximum atomic E-state index is 13.6. The molecule has 0 bridgehead atoms. The first kappa shape index (κ1) is 21.4. The molecule has 3 aromatic heterocycles. The largest absolute Gasteiger partial charge is 0.494 e. The highest BCUT2D eigenvalue weighted by Crippen LogP contribution is 2.23. The van der Waals surface area contributed by atoms with Crippen LogP contribution in [0.15, 0.2) is 69.0 Å². The molecule has 1 N–H and O–H groups in total. The first-order chi connectivity index (χ1) is 16.3. The third-order valence-corrected chi connectivity index (χ3v) is 5.94. The molecule has 0 amide bonds. The van der Waals surface area contributed by atoms with Crippen LogP contribution in [0.1, 0.15) is 16.7 Å². The SMILES string of the molecule is Cn1c(=O)c2c(nc3n(Cc4ccc(F)cc4)c(=O)c(Cc4ccccc4)c(O)n23)n(C)c1=O. The van der Waals surface area contributed by atoms with Crippen molar-refractivity contribution in [2.24, 2.45) is 14.1 Å². The van der Waals surface area contributed by atoms with Gasteiger partial charge in [0, 0.05) is 20.5 Å². The van der Waals surface area contributed by atoms with Crippen molar-refractivity contribution in [3.8, 4) is 5.88 Å². The molecule has 0 saturated carbocycles. The summed E-state index contributed by atoms with van der Waals surface area (Å²) in [6, 6.07) is 14.8. The molecule has 0 aliphatic heterocycles. The normalized spacial score (nSPS) is 11.5. The fraction of sp³-hybridized carbons (Fsp3) is 0.167. The third-order valence-electron chi connectivity index (χ3n) is 5.94. The molecule has 172 valence electrons. The number of nitrogens with zero attached hydrogens (tertiary/aromatic N) is 5. The Labute approximate surface area is 191 Å². The van der Waals surface area contributed by atoms with Crippen molar-refractivity contribution < 1.29 is 9.50 Å². The zero-order chi connectivity index (χ0) is 24.1. The molecular weight excluding hydrogens is 441 g/mol. The van der Waals surface area contributed by atoms with Crippen molar-refractivity contribution in [1.29, 1.82) is 0 Å². The monoisotopic (exact) mass is 461 g/mol. The lowest BCUT2D eigenvalue weighted by Gasteiger charge is -2.13. The van der Waals surface area contributed by atoms with Crippen LogP contribution >= 0.6 is 0 Å². The summed E-state index contributed by atoms with van der Waals surface area (Å²) in [7, 11) is 2.79. The summed E-state index contributed by atoms with van der Waals surface area (Å²) >= 11 is 0. The highest BCUT2D eigenvalue weighted by molar-refractivity contribution is 5.76. The number of imidazole rings is 1. The fourth-order valence-corrected chi connectivity index (χ4v) is 4.12. The summed E-state index contributed by atoms with van der Waals surface area (Å²) in [6.45, 7) is 0.0161. The Balaban J connectivity index is 1.89. The van der Waals surface area contributed by atoms with E-state index in [9.17, 15) is 23.9 Å². The van der Waals surface area contributed by atoms with Gasteiger partial charge in [0.2, 0.25) is 11.7 Å². The van der Waals surface area contributed by atoms with E-state index in [-0.39, 0.29) is 35.5 Å². The van der Waals surface area contributed by atoms with Crippen molar-refractivity contribution in [3.05, 3.63) is 108 Å². The molecule has 0 saturated heterocycles. The Morgan fingerprint density at radius 2 is 1.56 bits per heavy atom. The number of hydrogen-bond acceptors (Lipinski definition) is 5. The van der Waals surface area contributed by atoms with Gasteiger partial charge in [-0.15, -0.1) is 0 Å². The van der Waals surface area contributed by atoms with Gasteiger partial charge in [0.05, 0.1) is 12.1 Å². The van der Waals surface area contributed by atoms with E-state index in [1.807, 2.05) is 30.3 Å². The van der Waals surface area contributed by atoms with E-state index in [1.165, 1.54) is 39.8 Å². The molecule has 0 atom stereocenters. The lowest BCUT2D eigenvalue weighted by atomic mass is 10.1. The topological polar surface area (TPSA) is 104 Å². The van der Waals surface area contributed by atoms with Gasteiger partial charge in [-0.25, -0.2) is 13.6 Å². The van der Waals surface area contributed by atoms with Gasteiger partial charge in [-0.05, 0) is 23.3 Å². The minimum atomic E-state index is -0.654. The predicted octanol–water partition coefficient (Wildman–Crippen LogP) is 1.53. The van der Waals surface area contributed by atoms with Gasteiger partial charge in [-0.2, -0.15) is 4.98 Å². The molecule has 5 aromatic rings. The Kier molecular flexibility index (Phi) is 4.93. The Morgan fingerprint density at radius 1 is 0.882 bits per heavy atom. The summed E-state index contributed by atoms with van der Waals surface area (Å²) in [5.74, 6) is -0.837. The van der Waals surface area contributed by atoms with Crippen molar-refractivity contribution in [2.45, 2.75) is 13.0 Å². The summed E-state index contributed by atoms with van der Waals surface area (Å²) in [6.07, 6.45) is 0.108. The zero-order valence-corrected chi connectivity index (χ0v) is 18.4. The number of benzene rings is 2. The van der Waals surface area contributed by atoms with Gasteiger partial charge in [-0.1, -0.05) is 42.5 Å². The predicted molar refractivity (Wildman–Crippen MR) is 124 cm³/mol. The molecule has 0 aliphatic carbocycles. The molecule has 0 aliphatic rings. The van der Waals surface area contributed by atoms with Gasteiger partial charge in [0.15, 0.2) is 11.2 Å². The molecule has 0 unspecified atom stereocenters. The van der Waals surface area contributed by atoms with Crippen LogP contribution in [0.3, 0.4) is 0 Å². The number of fused-ring (bicyclic) bond motifs is 3. The van der Waals surface area contributed by atoms with Crippen molar-refractivity contribution in [2.75, 3.05) is 0 Å². The van der Waals surface area contributed by atoms with Gasteiger partial charge in [0.1, 0.15) is 5.82 Å². The van der Waals surface area contributed by atoms with Crippen molar-refractivity contribution in [3.63, 3.8) is 0 Å². The second-order valence-electron chi connectivity index (χ2n) is 8.11. The standard InChI is InChI=1S/C24H20FN5O4/c1-27-19-18(22(33)28(2)24(27)34)30-21(32)17(12-14-6-4-3-5-7-14)20(31)29(23(30)26-19)13-15-8-10-16(25)11-9-15/h3-11,32H,12-13H2,1-2H3. The van der Waals surface area contributed by atoms with Gasteiger partial charge in [0.25, 0.3) is 11.1 Å². The second kappa shape index (κ2) is 7.84. The molecule has 10 heteroatoms. The summed E-state index contributed by atoms with van der Waals surface area (Å²) in [5.41, 5.74) is -0.267. The van der Waals surface area contributed by atoms with Crippen LogP contribution in [0, 0.1) is 5.82 Å². The number of rotatable bonds is 4.